The predicted molar refractivity (Wildman–Crippen MR) is 363 cm³/mol. The molecule has 0 aromatic rings. The zero-order valence-electron chi connectivity index (χ0n) is 56.8. The van der Waals surface area contributed by atoms with Gasteiger partial charge in [0.25, 0.3) is 0 Å². The van der Waals surface area contributed by atoms with Crippen LogP contribution in [0.1, 0.15) is 427 Å². The van der Waals surface area contributed by atoms with Crippen LogP contribution in [0.4, 0.5) is 0 Å². The molecule has 0 amide bonds. The quantitative estimate of drug-likeness (QED) is 0.0340. The number of unbranched alkanes of at least 4 members (excludes halogenated alkanes) is 54. The van der Waals surface area contributed by atoms with Gasteiger partial charge in [0.2, 0.25) is 0 Å². The molecule has 0 heterocycles. The summed E-state index contributed by atoms with van der Waals surface area (Å²) in [6, 6.07) is 0. The third-order valence-electron chi connectivity index (χ3n) is 17.1. The van der Waals surface area contributed by atoms with Crippen LogP contribution in [0.2, 0.25) is 0 Å². The van der Waals surface area contributed by atoms with E-state index in [1.807, 2.05) is 0 Å². The Morgan fingerprint density at radius 1 is 0.159 bits per heavy atom. The molecule has 0 bridgehead atoms. The van der Waals surface area contributed by atoms with Crippen LogP contribution < -0.4 is 14.7 Å². The SMILES string of the molecule is CCCCCCCCCCCCP(=O)([O-])CCCCCCCCCCCC.CCCCCCCCCCCCP(=O)([O-])CCCCCCCCCCCC.CCCCCCCCCCCCP(=O)([O-])CCCCCCCCCCCC.[Fe+3]. The van der Waals surface area contributed by atoms with Gasteiger partial charge in [0.15, 0.2) is 0 Å². The summed E-state index contributed by atoms with van der Waals surface area (Å²) < 4.78 is 36.4. The molecule has 0 saturated carbocycles. The molecule has 6 nitrogen and oxygen atoms in total. The van der Waals surface area contributed by atoms with E-state index >= 15 is 0 Å². The minimum absolute atomic E-state index is 0. The molecule has 0 aliphatic carbocycles. The maximum absolute atomic E-state index is 12.1. The van der Waals surface area contributed by atoms with Gasteiger partial charge in [0.05, 0.1) is 0 Å². The van der Waals surface area contributed by atoms with Crippen molar-refractivity contribution in [1.82, 2.24) is 0 Å². The summed E-state index contributed by atoms with van der Waals surface area (Å²) in [5.74, 6) is 0. The average molecular weight is 1260 g/mol. The van der Waals surface area contributed by atoms with Gasteiger partial charge in [-0.1, -0.05) is 388 Å². The van der Waals surface area contributed by atoms with Gasteiger partial charge >= 0.3 is 17.1 Å². The van der Waals surface area contributed by atoms with Crippen molar-refractivity contribution in [3.05, 3.63) is 0 Å². The van der Waals surface area contributed by atoms with Crippen molar-refractivity contribution in [2.24, 2.45) is 0 Å². The fraction of sp³-hybridized carbons (Fsp3) is 1.00. The molecule has 0 spiro atoms. The Balaban J connectivity index is -0.000000553. The molecule has 0 fully saturated rings. The third-order valence-corrected chi connectivity index (χ3v) is 23.1. The monoisotopic (exact) mass is 1260 g/mol. The Bertz CT molecular complexity index is 1070. The number of hydrogen-bond donors (Lipinski definition) is 0. The molecule has 82 heavy (non-hydrogen) atoms. The van der Waals surface area contributed by atoms with Crippen LogP contribution in [0, 0.1) is 0 Å². The van der Waals surface area contributed by atoms with Gasteiger partial charge in [-0.2, -0.15) is 0 Å². The van der Waals surface area contributed by atoms with Gasteiger partial charge in [-0.15, -0.1) is 0 Å². The molecule has 0 aliphatic rings. The van der Waals surface area contributed by atoms with Gasteiger partial charge in [0, 0.05) is 22.1 Å². The molecular weight excluding hydrogens is 1110 g/mol. The van der Waals surface area contributed by atoms with E-state index in [9.17, 15) is 28.4 Å². The first-order valence-electron chi connectivity index (χ1n) is 37.2. The molecule has 0 rings (SSSR count). The fourth-order valence-electron chi connectivity index (χ4n) is 11.4. The summed E-state index contributed by atoms with van der Waals surface area (Å²) >= 11 is 0. The maximum Gasteiger partial charge on any atom is 3.00 e. The number of hydrogen-bond acceptors (Lipinski definition) is 6. The van der Waals surface area contributed by atoms with Crippen LogP contribution in [0.3, 0.4) is 0 Å². The average Bonchev–Trinajstić information content (AvgIpc) is 3.44. The van der Waals surface area contributed by atoms with Crippen LogP contribution in [-0.4, -0.2) is 37.0 Å². The van der Waals surface area contributed by atoms with E-state index in [0.29, 0.717) is 37.0 Å². The minimum atomic E-state index is -3.09. The van der Waals surface area contributed by atoms with E-state index in [1.54, 1.807) is 0 Å². The Morgan fingerprint density at radius 2 is 0.232 bits per heavy atom. The van der Waals surface area contributed by atoms with Crippen molar-refractivity contribution in [3.63, 3.8) is 0 Å². The Morgan fingerprint density at radius 3 is 0.317 bits per heavy atom. The van der Waals surface area contributed by atoms with Crippen LogP contribution in [0.5, 0.6) is 0 Å². The van der Waals surface area contributed by atoms with E-state index < -0.39 is 22.1 Å². The first-order chi connectivity index (χ1) is 39.4. The normalized spacial score (nSPS) is 11.8. The van der Waals surface area contributed by atoms with Crippen LogP contribution in [-0.2, 0) is 30.8 Å². The second kappa shape index (κ2) is 74.6. The van der Waals surface area contributed by atoms with E-state index in [-0.39, 0.29) is 17.1 Å². The predicted octanol–water partition coefficient (Wildman–Crippen LogP) is 25.4. The van der Waals surface area contributed by atoms with Crippen LogP contribution in [0.25, 0.3) is 0 Å². The van der Waals surface area contributed by atoms with Crippen molar-refractivity contribution >= 4 is 22.1 Å². The van der Waals surface area contributed by atoms with Crippen LogP contribution in [0.15, 0.2) is 0 Å². The molecule has 0 unspecified atom stereocenters. The van der Waals surface area contributed by atoms with Crippen molar-refractivity contribution in [2.45, 2.75) is 427 Å². The van der Waals surface area contributed by atoms with Gasteiger partial charge in [-0.3, -0.25) is 0 Å². The van der Waals surface area contributed by atoms with E-state index in [2.05, 4.69) is 41.5 Å². The molecule has 0 aromatic heterocycles. The number of rotatable bonds is 66. The van der Waals surface area contributed by atoms with E-state index in [0.717, 1.165) is 77.0 Å². The second-order valence-corrected chi connectivity index (χ2v) is 33.4. The summed E-state index contributed by atoms with van der Waals surface area (Å²) in [5, 5.41) is 0. The van der Waals surface area contributed by atoms with Gasteiger partial charge in [-0.05, 0) is 75.5 Å². The third kappa shape index (κ3) is 83.2. The zero-order valence-corrected chi connectivity index (χ0v) is 60.6. The van der Waals surface area contributed by atoms with E-state index in [4.69, 9.17) is 0 Å². The Labute approximate surface area is 528 Å². The maximum atomic E-state index is 12.1. The summed E-state index contributed by atoms with van der Waals surface area (Å²) in [6.45, 7) is 13.5. The van der Waals surface area contributed by atoms with Crippen molar-refractivity contribution in [3.8, 4) is 0 Å². The van der Waals surface area contributed by atoms with Crippen molar-refractivity contribution in [2.75, 3.05) is 37.0 Å². The molecule has 1 radical (unpaired) electrons. The molecule has 10 heteroatoms. The first kappa shape index (κ1) is 89.5. The van der Waals surface area contributed by atoms with Gasteiger partial charge < -0.3 is 28.4 Å². The van der Waals surface area contributed by atoms with Crippen molar-refractivity contribution in [1.29, 1.82) is 0 Å². The summed E-state index contributed by atoms with van der Waals surface area (Å²) in [4.78, 5) is 36.4. The zero-order chi connectivity index (χ0) is 60.2. The molecule has 0 aromatic carbocycles. The standard InChI is InChI=1S/3C24H51O2P.Fe/c3*1-3-5-7-9-11-13-15-17-19-21-23-27(25,26)24-22-20-18-16-14-12-10-8-6-4-2;/h3*3-24H2,1-2H3,(H,25,26);/q;;;+3/p-3. The molecule has 0 N–H and O–H groups in total. The van der Waals surface area contributed by atoms with Crippen LogP contribution >= 0.6 is 22.1 Å². The molecule has 0 aliphatic heterocycles. The Hall–Kier alpha value is 1.09. The van der Waals surface area contributed by atoms with Gasteiger partial charge in [0.1, 0.15) is 0 Å². The molecule has 0 saturated heterocycles. The fourth-order valence-corrected chi connectivity index (χ4v) is 16.3. The van der Waals surface area contributed by atoms with Crippen molar-refractivity contribution < 1.29 is 45.4 Å². The Kier molecular flexibility index (Phi) is 81.4. The molecule has 0 atom stereocenters. The first-order valence-corrected chi connectivity index (χ1v) is 43.2. The largest absolute Gasteiger partial charge is 3.00 e. The summed E-state index contributed by atoms with van der Waals surface area (Å²) in [6.07, 6.45) is 78.4. The molecule has 497 valence electrons. The topological polar surface area (TPSA) is 120 Å². The van der Waals surface area contributed by atoms with Gasteiger partial charge in [-0.25, -0.2) is 0 Å². The molecular formula is C72H150FeO6P3. The smallest absolute Gasteiger partial charge is 0.799 e. The minimum Gasteiger partial charge on any atom is -0.799 e. The summed E-state index contributed by atoms with van der Waals surface area (Å²) in [7, 11) is -9.27. The second-order valence-electron chi connectivity index (χ2n) is 25.9. The van der Waals surface area contributed by atoms with E-state index in [1.165, 1.54) is 308 Å². The summed E-state index contributed by atoms with van der Waals surface area (Å²) in [5.41, 5.74) is 0.